The van der Waals surface area contributed by atoms with Gasteiger partial charge in [-0.25, -0.2) is 4.79 Å². The molecule has 0 bridgehead atoms. The van der Waals surface area contributed by atoms with E-state index in [1.54, 1.807) is 6.92 Å². The molecule has 0 radical (unpaired) electrons. The van der Waals surface area contributed by atoms with Gasteiger partial charge < -0.3 is 9.72 Å². The third kappa shape index (κ3) is 3.28. The standard InChI is InChI=1S/C17H21N3O3/c1-11-15(16(21)19-17(22)18-11)14-5-3-13(4-6-14)12(2)20-7-9-23-10-8-20/h3-6,12H,7-10H2,1-2H3,(H2,18,19,21,22)/t12-/m0/s1. The predicted molar refractivity (Wildman–Crippen MR) is 88.7 cm³/mol. The van der Waals surface area contributed by atoms with Gasteiger partial charge in [0.2, 0.25) is 0 Å². The zero-order valence-electron chi connectivity index (χ0n) is 13.4. The quantitative estimate of drug-likeness (QED) is 0.898. The monoisotopic (exact) mass is 315 g/mol. The van der Waals surface area contributed by atoms with Crippen LogP contribution < -0.4 is 11.2 Å². The second-order valence-corrected chi connectivity index (χ2v) is 5.85. The Hall–Kier alpha value is -2.18. The van der Waals surface area contributed by atoms with Gasteiger partial charge in [0.1, 0.15) is 0 Å². The highest BCUT2D eigenvalue weighted by Gasteiger charge is 2.18. The second kappa shape index (κ2) is 6.52. The molecule has 1 atom stereocenters. The normalized spacial score (nSPS) is 17.1. The maximum Gasteiger partial charge on any atom is 0.325 e. The highest BCUT2D eigenvalue weighted by molar-refractivity contribution is 5.64. The number of rotatable bonds is 3. The van der Waals surface area contributed by atoms with Crippen LogP contribution in [-0.2, 0) is 4.74 Å². The van der Waals surface area contributed by atoms with E-state index in [1.807, 2.05) is 24.3 Å². The summed E-state index contributed by atoms with van der Waals surface area (Å²) in [5.74, 6) is 0. The molecule has 0 amide bonds. The number of nitrogens with zero attached hydrogens (tertiary/aromatic N) is 1. The number of hydrogen-bond acceptors (Lipinski definition) is 4. The van der Waals surface area contributed by atoms with Crippen molar-refractivity contribution in [1.29, 1.82) is 0 Å². The van der Waals surface area contributed by atoms with Gasteiger partial charge in [-0.05, 0) is 25.0 Å². The molecular formula is C17H21N3O3. The first-order valence-corrected chi connectivity index (χ1v) is 7.81. The van der Waals surface area contributed by atoms with Crippen LogP contribution in [0.25, 0.3) is 11.1 Å². The summed E-state index contributed by atoms with van der Waals surface area (Å²) in [6.45, 7) is 7.32. The maximum absolute atomic E-state index is 12.0. The minimum Gasteiger partial charge on any atom is -0.379 e. The minimum absolute atomic E-state index is 0.308. The van der Waals surface area contributed by atoms with Crippen molar-refractivity contribution in [3.05, 3.63) is 56.4 Å². The summed E-state index contributed by atoms with van der Waals surface area (Å²) in [5, 5.41) is 0. The Labute approximate surface area is 134 Å². The van der Waals surface area contributed by atoms with Crippen molar-refractivity contribution < 1.29 is 4.74 Å². The second-order valence-electron chi connectivity index (χ2n) is 5.85. The third-order valence-corrected chi connectivity index (χ3v) is 4.41. The van der Waals surface area contributed by atoms with Gasteiger partial charge in [0, 0.05) is 24.8 Å². The van der Waals surface area contributed by atoms with Crippen LogP contribution in [0, 0.1) is 6.92 Å². The lowest BCUT2D eigenvalue weighted by Crippen LogP contribution is -2.38. The molecule has 2 heterocycles. The summed E-state index contributed by atoms with van der Waals surface area (Å²) in [6.07, 6.45) is 0. The molecule has 1 aliphatic heterocycles. The topological polar surface area (TPSA) is 78.2 Å². The van der Waals surface area contributed by atoms with Crippen molar-refractivity contribution in [2.45, 2.75) is 19.9 Å². The molecule has 1 aromatic carbocycles. The molecule has 2 N–H and O–H groups in total. The van der Waals surface area contributed by atoms with E-state index in [4.69, 9.17) is 4.74 Å². The fourth-order valence-electron chi connectivity index (χ4n) is 3.05. The number of benzene rings is 1. The Bertz CT molecular complexity index is 786. The number of aromatic amines is 2. The van der Waals surface area contributed by atoms with E-state index in [0.717, 1.165) is 31.9 Å². The van der Waals surface area contributed by atoms with Crippen molar-refractivity contribution in [3.63, 3.8) is 0 Å². The number of aryl methyl sites for hydroxylation is 1. The fourth-order valence-corrected chi connectivity index (χ4v) is 3.05. The van der Waals surface area contributed by atoms with E-state index >= 15 is 0 Å². The maximum atomic E-state index is 12.0. The number of nitrogens with one attached hydrogen (secondary N) is 2. The van der Waals surface area contributed by atoms with Crippen LogP contribution >= 0.6 is 0 Å². The molecule has 3 rings (SSSR count). The Morgan fingerprint density at radius 2 is 1.74 bits per heavy atom. The largest absolute Gasteiger partial charge is 0.379 e. The van der Waals surface area contributed by atoms with Crippen LogP contribution in [0.1, 0.15) is 24.2 Å². The summed E-state index contributed by atoms with van der Waals surface area (Å²) in [6, 6.07) is 8.26. The SMILES string of the molecule is Cc1[nH]c(=O)[nH]c(=O)c1-c1ccc([C@H](C)N2CCOCC2)cc1. The van der Waals surface area contributed by atoms with Crippen molar-refractivity contribution >= 4 is 0 Å². The average Bonchev–Trinajstić information content (AvgIpc) is 2.55. The summed E-state index contributed by atoms with van der Waals surface area (Å²) >= 11 is 0. The van der Waals surface area contributed by atoms with Crippen molar-refractivity contribution in [2.75, 3.05) is 26.3 Å². The van der Waals surface area contributed by atoms with Crippen LogP contribution in [0.3, 0.4) is 0 Å². The molecule has 23 heavy (non-hydrogen) atoms. The number of hydrogen-bond donors (Lipinski definition) is 2. The molecule has 6 nitrogen and oxygen atoms in total. The third-order valence-electron chi connectivity index (χ3n) is 4.41. The zero-order chi connectivity index (χ0) is 16.4. The molecule has 0 spiro atoms. The summed E-state index contributed by atoms with van der Waals surface area (Å²) in [4.78, 5) is 30.6. The average molecular weight is 315 g/mol. The molecule has 6 heteroatoms. The van der Waals surface area contributed by atoms with Gasteiger partial charge in [-0.15, -0.1) is 0 Å². The van der Waals surface area contributed by atoms with E-state index in [-0.39, 0.29) is 5.56 Å². The zero-order valence-corrected chi connectivity index (χ0v) is 13.4. The van der Waals surface area contributed by atoms with Crippen molar-refractivity contribution in [3.8, 4) is 11.1 Å². The lowest BCUT2D eigenvalue weighted by atomic mass is 10.0. The van der Waals surface area contributed by atoms with E-state index in [2.05, 4.69) is 21.8 Å². The first-order valence-electron chi connectivity index (χ1n) is 7.81. The molecule has 1 aromatic heterocycles. The van der Waals surface area contributed by atoms with Gasteiger partial charge in [0.15, 0.2) is 0 Å². The predicted octanol–water partition coefficient (Wildman–Crippen LogP) is 1.43. The Balaban J connectivity index is 1.88. The highest BCUT2D eigenvalue weighted by atomic mass is 16.5. The van der Waals surface area contributed by atoms with Crippen molar-refractivity contribution in [2.24, 2.45) is 0 Å². The first-order chi connectivity index (χ1) is 11.1. The number of morpholine rings is 1. The Kier molecular flexibility index (Phi) is 4.45. The van der Waals surface area contributed by atoms with Gasteiger partial charge in [0.25, 0.3) is 5.56 Å². The lowest BCUT2D eigenvalue weighted by molar-refractivity contribution is 0.0198. The van der Waals surface area contributed by atoms with E-state index < -0.39 is 5.69 Å². The number of H-pyrrole nitrogens is 2. The van der Waals surface area contributed by atoms with Crippen LogP contribution in [-0.4, -0.2) is 41.2 Å². The minimum atomic E-state index is -0.478. The smallest absolute Gasteiger partial charge is 0.325 e. The molecule has 1 aliphatic rings. The molecule has 1 saturated heterocycles. The lowest BCUT2D eigenvalue weighted by Gasteiger charge is -2.32. The first kappa shape index (κ1) is 15.7. The molecule has 0 aliphatic carbocycles. The summed E-state index contributed by atoms with van der Waals surface area (Å²) in [7, 11) is 0. The molecule has 1 fully saturated rings. The fraction of sp³-hybridized carbons (Fsp3) is 0.412. The summed E-state index contributed by atoms with van der Waals surface area (Å²) < 4.78 is 5.39. The van der Waals surface area contributed by atoms with E-state index in [9.17, 15) is 9.59 Å². The van der Waals surface area contributed by atoms with Crippen molar-refractivity contribution in [1.82, 2.24) is 14.9 Å². The van der Waals surface area contributed by atoms with Gasteiger partial charge in [-0.1, -0.05) is 24.3 Å². The van der Waals surface area contributed by atoms with Crippen LogP contribution in [0.4, 0.5) is 0 Å². The highest BCUT2D eigenvalue weighted by Crippen LogP contribution is 2.24. The van der Waals surface area contributed by atoms with E-state index in [1.165, 1.54) is 5.56 Å². The number of aromatic nitrogens is 2. The van der Waals surface area contributed by atoms with E-state index in [0.29, 0.717) is 17.3 Å². The molecule has 0 saturated carbocycles. The van der Waals surface area contributed by atoms with Crippen LogP contribution in [0.2, 0.25) is 0 Å². The van der Waals surface area contributed by atoms with Crippen LogP contribution in [0.15, 0.2) is 33.9 Å². The Morgan fingerprint density at radius 3 is 2.35 bits per heavy atom. The Morgan fingerprint density at radius 1 is 1.09 bits per heavy atom. The van der Waals surface area contributed by atoms with Gasteiger partial charge in [-0.3, -0.25) is 14.7 Å². The molecule has 0 unspecified atom stereocenters. The molecule has 122 valence electrons. The molecular weight excluding hydrogens is 294 g/mol. The number of ether oxygens (including phenoxy) is 1. The van der Waals surface area contributed by atoms with Gasteiger partial charge in [0.05, 0.1) is 18.8 Å². The summed E-state index contributed by atoms with van der Waals surface area (Å²) in [5.41, 5.74) is 2.25. The molecule has 2 aromatic rings. The van der Waals surface area contributed by atoms with Crippen LogP contribution in [0.5, 0.6) is 0 Å². The van der Waals surface area contributed by atoms with Gasteiger partial charge in [-0.2, -0.15) is 0 Å². The van der Waals surface area contributed by atoms with Gasteiger partial charge >= 0.3 is 5.69 Å².